The Hall–Kier alpha value is -7.23. The Balaban J connectivity index is 1.07. The van der Waals surface area contributed by atoms with E-state index in [1.807, 2.05) is 12.1 Å². The van der Waals surface area contributed by atoms with E-state index in [4.69, 9.17) is 15.0 Å². The third kappa shape index (κ3) is 5.78. The van der Waals surface area contributed by atoms with Gasteiger partial charge < -0.3 is 0 Å². The minimum Gasteiger partial charge on any atom is -0.247 e. The molecule has 0 saturated heterocycles. The molecule has 8 aromatic carbocycles. The maximum atomic E-state index is 5.26. The van der Waals surface area contributed by atoms with Crippen LogP contribution in [0.4, 0.5) is 0 Å². The number of nitrogens with zero attached hydrogens (tertiary/aromatic N) is 3. The van der Waals surface area contributed by atoms with Gasteiger partial charge in [0.2, 0.25) is 0 Å². The first-order valence-electron chi connectivity index (χ1n) is 18.3. The van der Waals surface area contributed by atoms with Crippen molar-refractivity contribution in [3.05, 3.63) is 200 Å². The molecule has 252 valence electrons. The molecule has 0 aliphatic heterocycles. The van der Waals surface area contributed by atoms with Crippen molar-refractivity contribution in [3.63, 3.8) is 0 Å². The van der Waals surface area contributed by atoms with Crippen LogP contribution in [0.25, 0.3) is 99.9 Å². The van der Waals surface area contributed by atoms with Crippen LogP contribution < -0.4 is 0 Å². The molecule has 3 heteroatoms. The summed E-state index contributed by atoms with van der Waals surface area (Å²) in [5, 5.41) is 6.02. The van der Waals surface area contributed by atoms with E-state index in [0.717, 1.165) is 61.4 Å². The van der Waals surface area contributed by atoms with E-state index in [1.54, 1.807) is 0 Å². The van der Waals surface area contributed by atoms with Gasteiger partial charge in [-0.3, -0.25) is 0 Å². The fourth-order valence-electron chi connectivity index (χ4n) is 7.57. The van der Waals surface area contributed by atoms with E-state index >= 15 is 0 Å². The minimum absolute atomic E-state index is 0.686. The first kappa shape index (κ1) is 31.5. The lowest BCUT2D eigenvalue weighted by molar-refractivity contribution is 1.18. The number of benzene rings is 8. The van der Waals surface area contributed by atoms with E-state index in [1.165, 1.54) is 32.7 Å². The molecular formula is C51H33N3. The topological polar surface area (TPSA) is 38.7 Å². The Morgan fingerprint density at radius 2 is 0.796 bits per heavy atom. The third-order valence-corrected chi connectivity index (χ3v) is 10.3. The van der Waals surface area contributed by atoms with Gasteiger partial charge in [0, 0.05) is 38.4 Å². The van der Waals surface area contributed by atoms with Gasteiger partial charge in [-0.2, -0.15) is 0 Å². The summed E-state index contributed by atoms with van der Waals surface area (Å²) >= 11 is 0. The van der Waals surface area contributed by atoms with Crippen molar-refractivity contribution in [2.45, 2.75) is 0 Å². The van der Waals surface area contributed by atoms with Crippen molar-refractivity contribution >= 4 is 32.4 Å². The zero-order valence-electron chi connectivity index (χ0n) is 29.4. The zero-order chi connectivity index (χ0) is 35.8. The number of fused-ring (bicyclic) bond motifs is 5. The van der Waals surface area contributed by atoms with Crippen LogP contribution in [0.1, 0.15) is 0 Å². The molecule has 10 aromatic rings. The van der Waals surface area contributed by atoms with Gasteiger partial charge in [0.05, 0.1) is 22.6 Å². The summed E-state index contributed by atoms with van der Waals surface area (Å²) in [4.78, 5) is 15.6. The number of hydrogen-bond acceptors (Lipinski definition) is 3. The van der Waals surface area contributed by atoms with Crippen molar-refractivity contribution in [2.24, 2.45) is 0 Å². The van der Waals surface area contributed by atoms with Crippen LogP contribution in [0, 0.1) is 0 Å². The smallest absolute Gasteiger partial charge is 0.160 e. The highest BCUT2D eigenvalue weighted by molar-refractivity contribution is 6.22. The maximum Gasteiger partial charge on any atom is 0.160 e. The van der Waals surface area contributed by atoms with E-state index in [9.17, 15) is 0 Å². The molecule has 3 nitrogen and oxygen atoms in total. The van der Waals surface area contributed by atoms with Crippen LogP contribution in [0.2, 0.25) is 0 Å². The molecule has 0 saturated carbocycles. The Labute approximate surface area is 313 Å². The fourth-order valence-corrected chi connectivity index (χ4v) is 7.57. The highest BCUT2D eigenvalue weighted by Gasteiger charge is 2.15. The number of aromatic nitrogens is 3. The number of rotatable bonds is 6. The van der Waals surface area contributed by atoms with Crippen LogP contribution >= 0.6 is 0 Å². The first-order chi connectivity index (χ1) is 26.7. The van der Waals surface area contributed by atoms with Gasteiger partial charge in [0.25, 0.3) is 0 Å². The monoisotopic (exact) mass is 687 g/mol. The van der Waals surface area contributed by atoms with Gasteiger partial charge in [-0.25, -0.2) is 15.0 Å². The summed E-state index contributed by atoms with van der Waals surface area (Å²) in [6.07, 6.45) is 0. The molecule has 54 heavy (non-hydrogen) atoms. The molecular weight excluding hydrogens is 655 g/mol. The highest BCUT2D eigenvalue weighted by Crippen LogP contribution is 2.38. The van der Waals surface area contributed by atoms with E-state index in [0.29, 0.717) is 5.82 Å². The van der Waals surface area contributed by atoms with Crippen molar-refractivity contribution in [2.75, 3.05) is 0 Å². The molecule has 0 radical (unpaired) electrons. The Bertz CT molecular complexity index is 2960. The molecule has 2 aromatic heterocycles. The normalized spacial score (nSPS) is 11.3. The SMILES string of the molecule is c1ccc(-c2ccc(-c3cc(-c4ccccc4)nc(-c4cccc(-c5cccc(-c6nc7ccccc7c7c6ccc6ccccc67)c5)c4)n3)cc2)cc1. The maximum absolute atomic E-state index is 5.26. The Morgan fingerprint density at radius 1 is 0.278 bits per heavy atom. The van der Waals surface area contributed by atoms with Crippen LogP contribution in [-0.2, 0) is 0 Å². The predicted molar refractivity (Wildman–Crippen MR) is 225 cm³/mol. The number of hydrogen-bond donors (Lipinski definition) is 0. The van der Waals surface area contributed by atoms with Gasteiger partial charge in [0.1, 0.15) is 0 Å². The van der Waals surface area contributed by atoms with Crippen molar-refractivity contribution in [3.8, 4) is 67.4 Å². The molecule has 0 aliphatic carbocycles. The van der Waals surface area contributed by atoms with E-state index < -0.39 is 0 Å². The number of para-hydroxylation sites is 1. The highest BCUT2D eigenvalue weighted by atomic mass is 14.9. The molecule has 0 spiro atoms. The minimum atomic E-state index is 0.686. The second-order valence-electron chi connectivity index (χ2n) is 13.6. The van der Waals surface area contributed by atoms with E-state index in [2.05, 4.69) is 188 Å². The molecule has 0 N–H and O–H groups in total. The van der Waals surface area contributed by atoms with Crippen LogP contribution in [0.3, 0.4) is 0 Å². The summed E-state index contributed by atoms with van der Waals surface area (Å²) in [6, 6.07) is 70.3. The van der Waals surface area contributed by atoms with Gasteiger partial charge >= 0.3 is 0 Å². The molecule has 0 aliphatic rings. The van der Waals surface area contributed by atoms with Gasteiger partial charge in [0.15, 0.2) is 5.82 Å². The largest absolute Gasteiger partial charge is 0.247 e. The summed E-state index contributed by atoms with van der Waals surface area (Å²) in [7, 11) is 0. The second-order valence-corrected chi connectivity index (χ2v) is 13.6. The summed E-state index contributed by atoms with van der Waals surface area (Å²) < 4.78 is 0. The molecule has 10 rings (SSSR count). The van der Waals surface area contributed by atoms with Crippen LogP contribution in [0.15, 0.2) is 200 Å². The standard InChI is InChI=1S/C51H33N3/c1-3-13-34(14-4-1)35-25-27-38(28-26-35)48-33-47(37-16-5-2-6-17-37)53-51(54-48)42-21-12-19-40(32-42)39-18-11-20-41(31-39)50-45-30-29-36-15-7-8-22-43(36)49(45)44-23-9-10-24-46(44)52-50/h1-33H. The molecule has 2 heterocycles. The first-order valence-corrected chi connectivity index (χ1v) is 18.3. The second kappa shape index (κ2) is 13.4. The molecule has 0 atom stereocenters. The average molecular weight is 688 g/mol. The van der Waals surface area contributed by atoms with E-state index in [-0.39, 0.29) is 0 Å². The lowest BCUT2D eigenvalue weighted by atomic mass is 9.94. The zero-order valence-corrected chi connectivity index (χ0v) is 29.4. The lowest BCUT2D eigenvalue weighted by Gasteiger charge is -2.14. The van der Waals surface area contributed by atoms with Crippen molar-refractivity contribution in [1.82, 2.24) is 15.0 Å². The third-order valence-electron chi connectivity index (χ3n) is 10.3. The van der Waals surface area contributed by atoms with Crippen LogP contribution in [0.5, 0.6) is 0 Å². The average Bonchev–Trinajstić information content (AvgIpc) is 3.26. The summed E-state index contributed by atoms with van der Waals surface area (Å²) in [5.41, 5.74) is 12.4. The summed E-state index contributed by atoms with van der Waals surface area (Å²) in [6.45, 7) is 0. The van der Waals surface area contributed by atoms with Crippen molar-refractivity contribution < 1.29 is 0 Å². The van der Waals surface area contributed by atoms with Gasteiger partial charge in [-0.1, -0.05) is 176 Å². The van der Waals surface area contributed by atoms with Crippen molar-refractivity contribution in [1.29, 1.82) is 0 Å². The molecule has 0 bridgehead atoms. The quantitative estimate of drug-likeness (QED) is 0.163. The predicted octanol–water partition coefficient (Wildman–Crippen LogP) is 13.3. The van der Waals surface area contributed by atoms with Crippen LogP contribution in [-0.4, -0.2) is 15.0 Å². The molecule has 0 amide bonds. The van der Waals surface area contributed by atoms with Gasteiger partial charge in [-0.05, 0) is 57.3 Å². The summed E-state index contributed by atoms with van der Waals surface area (Å²) in [5.74, 6) is 0.686. The Kier molecular flexibility index (Phi) is 7.81. The van der Waals surface area contributed by atoms with Gasteiger partial charge in [-0.15, -0.1) is 0 Å². The molecule has 0 unspecified atom stereocenters. The molecule has 0 fully saturated rings. The Morgan fingerprint density at radius 3 is 1.54 bits per heavy atom. The number of pyridine rings is 1. The fraction of sp³-hybridized carbons (Fsp3) is 0. The lowest BCUT2D eigenvalue weighted by Crippen LogP contribution is -1.96.